The number of benzene rings is 2. The summed E-state index contributed by atoms with van der Waals surface area (Å²) in [4.78, 5) is 38.5. The SMILES string of the molecule is CC1(C)OC(=O)C(=CNc2cccc(S(=O)(=O)N3CCN(C(=O)c4ccccc4)CC3)c2)C(=O)O1. The van der Waals surface area contributed by atoms with Crippen molar-refractivity contribution in [2.24, 2.45) is 0 Å². The van der Waals surface area contributed by atoms with Crippen molar-refractivity contribution in [3.63, 3.8) is 0 Å². The summed E-state index contributed by atoms with van der Waals surface area (Å²) in [6.07, 6.45) is 1.12. The van der Waals surface area contributed by atoms with Crippen LogP contribution in [-0.4, -0.2) is 67.4 Å². The highest BCUT2D eigenvalue weighted by Gasteiger charge is 2.39. The Hall–Kier alpha value is -3.70. The van der Waals surface area contributed by atoms with E-state index in [1.807, 2.05) is 6.07 Å². The van der Waals surface area contributed by atoms with Crippen LogP contribution < -0.4 is 5.32 Å². The number of nitrogens with one attached hydrogen (secondary N) is 1. The van der Waals surface area contributed by atoms with Crippen LogP contribution in [-0.2, 0) is 29.1 Å². The molecule has 2 saturated heterocycles. The molecule has 35 heavy (non-hydrogen) atoms. The number of piperazine rings is 1. The van der Waals surface area contributed by atoms with Crippen LogP contribution in [0.3, 0.4) is 0 Å². The molecule has 2 aromatic carbocycles. The van der Waals surface area contributed by atoms with E-state index in [0.717, 1.165) is 6.20 Å². The molecule has 2 aliphatic rings. The topological polar surface area (TPSA) is 122 Å². The molecule has 1 N–H and O–H groups in total. The average Bonchev–Trinajstić information content (AvgIpc) is 2.83. The number of carbonyl (C=O) groups is 3. The van der Waals surface area contributed by atoms with Gasteiger partial charge in [-0.15, -0.1) is 0 Å². The van der Waals surface area contributed by atoms with Gasteiger partial charge in [0.15, 0.2) is 5.57 Å². The Bertz CT molecular complexity index is 1260. The third-order valence-electron chi connectivity index (χ3n) is 5.52. The molecular weight excluding hydrogens is 474 g/mol. The van der Waals surface area contributed by atoms with Gasteiger partial charge in [0.1, 0.15) is 0 Å². The normalized spacial score (nSPS) is 18.5. The van der Waals surface area contributed by atoms with E-state index in [2.05, 4.69) is 5.32 Å². The average molecular weight is 500 g/mol. The summed E-state index contributed by atoms with van der Waals surface area (Å²) in [7, 11) is -3.83. The minimum absolute atomic E-state index is 0.0404. The van der Waals surface area contributed by atoms with Gasteiger partial charge in [-0.1, -0.05) is 24.3 Å². The summed E-state index contributed by atoms with van der Waals surface area (Å²) in [5.74, 6) is -3.17. The Balaban J connectivity index is 1.43. The summed E-state index contributed by atoms with van der Waals surface area (Å²) in [6, 6.07) is 14.8. The highest BCUT2D eigenvalue weighted by Crippen LogP contribution is 2.24. The first-order valence-corrected chi connectivity index (χ1v) is 12.4. The maximum atomic E-state index is 13.2. The molecule has 2 fully saturated rings. The third kappa shape index (κ3) is 5.36. The van der Waals surface area contributed by atoms with Gasteiger partial charge in [0.25, 0.3) is 11.7 Å². The fraction of sp³-hybridized carbons (Fsp3) is 0.292. The number of hydrogen-bond donors (Lipinski definition) is 1. The van der Waals surface area contributed by atoms with E-state index in [9.17, 15) is 22.8 Å². The van der Waals surface area contributed by atoms with Crippen LogP contribution in [0.4, 0.5) is 5.69 Å². The van der Waals surface area contributed by atoms with Crippen molar-refractivity contribution in [2.75, 3.05) is 31.5 Å². The summed E-state index contributed by atoms with van der Waals surface area (Å²) in [5.41, 5.74) is 0.574. The molecule has 0 atom stereocenters. The summed E-state index contributed by atoms with van der Waals surface area (Å²) in [6.45, 7) is 3.76. The second kappa shape index (κ2) is 9.51. The predicted octanol–water partition coefficient (Wildman–Crippen LogP) is 1.97. The highest BCUT2D eigenvalue weighted by molar-refractivity contribution is 7.89. The van der Waals surface area contributed by atoms with Gasteiger partial charge >= 0.3 is 11.9 Å². The van der Waals surface area contributed by atoms with Gasteiger partial charge in [0, 0.05) is 57.5 Å². The molecule has 2 heterocycles. The zero-order valence-corrected chi connectivity index (χ0v) is 20.1. The molecule has 0 unspecified atom stereocenters. The molecule has 2 aliphatic heterocycles. The fourth-order valence-corrected chi connectivity index (χ4v) is 5.19. The first kappa shape index (κ1) is 24.4. The van der Waals surface area contributed by atoms with Crippen LogP contribution in [0.25, 0.3) is 0 Å². The maximum absolute atomic E-state index is 13.2. The first-order valence-electron chi connectivity index (χ1n) is 10.9. The van der Waals surface area contributed by atoms with Crippen LogP contribution in [0.2, 0.25) is 0 Å². The molecule has 10 nitrogen and oxygen atoms in total. The molecule has 11 heteroatoms. The highest BCUT2D eigenvalue weighted by atomic mass is 32.2. The van der Waals surface area contributed by atoms with Crippen LogP contribution in [0.1, 0.15) is 24.2 Å². The van der Waals surface area contributed by atoms with Crippen LogP contribution in [0, 0.1) is 0 Å². The maximum Gasteiger partial charge on any atom is 0.350 e. The Labute approximate surface area is 203 Å². The number of amides is 1. The molecule has 4 rings (SSSR count). The molecule has 0 radical (unpaired) electrons. The summed E-state index contributed by atoms with van der Waals surface area (Å²) >= 11 is 0. The Morgan fingerprint density at radius 1 is 0.943 bits per heavy atom. The van der Waals surface area contributed by atoms with E-state index in [1.54, 1.807) is 41.3 Å². The van der Waals surface area contributed by atoms with Crippen LogP contribution >= 0.6 is 0 Å². The second-order valence-electron chi connectivity index (χ2n) is 8.47. The molecular formula is C24H25N3O7S. The van der Waals surface area contributed by atoms with Crippen molar-refractivity contribution >= 4 is 33.6 Å². The zero-order chi connectivity index (χ0) is 25.2. The third-order valence-corrected chi connectivity index (χ3v) is 7.41. The number of anilines is 1. The molecule has 184 valence electrons. The van der Waals surface area contributed by atoms with Gasteiger partial charge in [-0.05, 0) is 30.3 Å². The smallest absolute Gasteiger partial charge is 0.350 e. The number of cyclic esters (lactones) is 2. The minimum atomic E-state index is -3.83. The van der Waals surface area contributed by atoms with Crippen LogP contribution in [0.15, 0.2) is 71.3 Å². The number of esters is 2. The number of rotatable bonds is 5. The van der Waals surface area contributed by atoms with Gasteiger partial charge in [0.05, 0.1) is 4.90 Å². The Morgan fingerprint density at radius 2 is 1.57 bits per heavy atom. The van der Waals surface area contributed by atoms with Gasteiger partial charge in [-0.2, -0.15) is 4.31 Å². The number of carbonyl (C=O) groups excluding carboxylic acids is 3. The summed E-state index contributed by atoms with van der Waals surface area (Å²) in [5, 5.41) is 2.76. The van der Waals surface area contributed by atoms with Gasteiger partial charge in [-0.3, -0.25) is 4.79 Å². The van der Waals surface area contributed by atoms with E-state index in [4.69, 9.17) is 9.47 Å². The summed E-state index contributed by atoms with van der Waals surface area (Å²) < 4.78 is 37.8. The lowest BCUT2D eigenvalue weighted by Crippen LogP contribution is -2.50. The van der Waals surface area contributed by atoms with Crippen molar-refractivity contribution in [2.45, 2.75) is 24.5 Å². The fourth-order valence-electron chi connectivity index (χ4n) is 3.72. The van der Waals surface area contributed by atoms with Gasteiger partial charge < -0.3 is 19.7 Å². The lowest BCUT2D eigenvalue weighted by molar-refractivity contribution is -0.222. The molecule has 0 aliphatic carbocycles. The lowest BCUT2D eigenvalue weighted by atomic mass is 10.2. The number of nitrogens with zero attached hydrogens (tertiary/aromatic N) is 2. The standard InChI is InChI=1S/C24H25N3O7S/c1-24(2)33-22(29)20(23(30)34-24)16-25-18-9-6-10-19(15-18)35(31,32)27-13-11-26(12-14-27)21(28)17-7-4-3-5-8-17/h3-10,15-16,25H,11-14H2,1-2H3. The van der Waals surface area contributed by atoms with Crippen molar-refractivity contribution in [1.29, 1.82) is 0 Å². The van der Waals surface area contributed by atoms with Crippen molar-refractivity contribution in [3.8, 4) is 0 Å². The number of ether oxygens (including phenoxy) is 2. The molecule has 0 aromatic heterocycles. The Kier molecular flexibility index (Phi) is 6.64. The lowest BCUT2D eigenvalue weighted by Gasteiger charge is -2.34. The molecule has 0 bridgehead atoms. The van der Waals surface area contributed by atoms with Gasteiger partial charge in [-0.25, -0.2) is 18.0 Å². The molecule has 2 aromatic rings. The second-order valence-corrected chi connectivity index (χ2v) is 10.4. The first-order chi connectivity index (χ1) is 16.6. The van der Waals surface area contributed by atoms with E-state index >= 15 is 0 Å². The molecule has 0 spiro atoms. The van der Waals surface area contributed by atoms with Crippen molar-refractivity contribution < 1.29 is 32.3 Å². The molecule has 1 amide bonds. The van der Waals surface area contributed by atoms with E-state index in [0.29, 0.717) is 11.3 Å². The van der Waals surface area contributed by atoms with E-state index in [1.165, 1.54) is 30.3 Å². The number of hydrogen-bond acceptors (Lipinski definition) is 8. The van der Waals surface area contributed by atoms with E-state index < -0.39 is 27.7 Å². The van der Waals surface area contributed by atoms with Crippen molar-refractivity contribution in [1.82, 2.24) is 9.21 Å². The molecule has 0 saturated carbocycles. The van der Waals surface area contributed by atoms with Crippen LogP contribution in [0.5, 0.6) is 0 Å². The largest absolute Gasteiger partial charge is 0.419 e. The predicted molar refractivity (Wildman–Crippen MR) is 126 cm³/mol. The number of sulfonamides is 1. The monoisotopic (exact) mass is 499 g/mol. The Morgan fingerprint density at radius 3 is 2.20 bits per heavy atom. The zero-order valence-electron chi connectivity index (χ0n) is 19.3. The van der Waals surface area contributed by atoms with Gasteiger partial charge in [0.2, 0.25) is 10.0 Å². The minimum Gasteiger partial charge on any atom is -0.419 e. The quantitative estimate of drug-likeness (QED) is 0.376. The van der Waals surface area contributed by atoms with Crippen molar-refractivity contribution in [3.05, 3.63) is 71.9 Å². The van der Waals surface area contributed by atoms with E-state index in [-0.39, 0.29) is 42.6 Å².